The maximum Gasteiger partial charge on any atom is 0.116 e. The molecule has 0 N–H and O–H groups in total. The minimum Gasteiger partial charge on any atom is -0.0620 e. The molecule has 0 atom stereocenters. The van der Waals surface area contributed by atoms with E-state index in [1.165, 1.54) is 96.7 Å². The van der Waals surface area contributed by atoms with E-state index in [9.17, 15) is 101 Å². The van der Waals surface area contributed by atoms with Crippen molar-refractivity contribution in [2.45, 2.75) is 24.6 Å². The van der Waals surface area contributed by atoms with Crippen molar-refractivity contribution in [3.63, 3.8) is 0 Å². The Bertz CT molecular complexity index is 4530. The summed E-state index contributed by atoms with van der Waals surface area (Å²) in [6.45, 7) is 0. The number of halogens is 24. The summed E-state index contributed by atoms with van der Waals surface area (Å²) in [4.78, 5) is 0. The smallest absolute Gasteiger partial charge is 0.0620 e. The zero-order valence-corrected chi connectivity index (χ0v) is 68.6. The molecule has 0 unspecified atom stereocenters. The van der Waals surface area contributed by atoms with E-state index in [0.29, 0.717) is 0 Å². The Morgan fingerprint density at radius 1 is 0.127 bits per heavy atom. The Labute approximate surface area is 667 Å². The topological polar surface area (TPSA) is 0 Å². The van der Waals surface area contributed by atoms with Crippen molar-refractivity contribution >= 4 is 135 Å². The number of benzene rings is 14. The van der Waals surface area contributed by atoms with Crippen LogP contribution in [0.2, 0.25) is 0 Å². The van der Waals surface area contributed by atoms with Gasteiger partial charge in [0, 0.05) is 0 Å². The van der Waals surface area contributed by atoms with Gasteiger partial charge in [-0.05, 0) is 179 Å². The molecular weight excluding hydrogens is 1740 g/mol. The van der Waals surface area contributed by atoms with Crippen LogP contribution in [-0.4, -0.2) is 0 Å². The van der Waals surface area contributed by atoms with Gasteiger partial charge in [0.15, 0.2) is 0 Å². The second kappa shape index (κ2) is 31.9. The van der Waals surface area contributed by atoms with Crippen molar-refractivity contribution in [3.05, 3.63) is 411 Å². The summed E-state index contributed by atoms with van der Waals surface area (Å²) in [5.41, 5.74) is 5.53. The summed E-state index contributed by atoms with van der Waals surface area (Å²) in [7, 11) is -52.6. The Balaban J connectivity index is 0.000000450. The Morgan fingerprint density at radius 2 is 0.203 bits per heavy atom. The maximum atomic E-state index is 9.87. The summed E-state index contributed by atoms with van der Waals surface area (Å²) in [6, 6.07) is 149. The van der Waals surface area contributed by atoms with Crippen LogP contribution < -0.4 is 63.7 Å². The summed E-state index contributed by atoms with van der Waals surface area (Å²) in [5, 5.41) is 19.3. The summed E-state index contributed by atoms with van der Waals surface area (Å²) in [5.74, 6) is 0. The third kappa shape index (κ3) is 27.6. The van der Waals surface area contributed by atoms with E-state index < -0.39 is 60.3 Å². The number of hydrogen-bond donors (Lipinski definition) is 0. The van der Waals surface area contributed by atoms with Gasteiger partial charge in [0.1, 0.15) is 92.7 Å². The van der Waals surface area contributed by atoms with Gasteiger partial charge in [0.2, 0.25) is 0 Å². The standard InChI is InChI=1S/C86H72P4.4F6P/c1-13-37-73(38-14-1)87(74-39-15-2-16-40-74,75-41-17-3-18-42-75)65-69-61-62-71(67-89(79-49-25-7-26-50-79,80-51-27-8-28-52-80)81-53-29-9-30-54-81)86-72(68-90(82-55-31-10-32-56-82,83-57-33-11-34-58-83)84-59-35-12-36-60-84)64-63-70(85(69)86)66-88(76-43-19-4-20-44-76,77-45-21-5-22-46-77)78-47-23-6-24-48-78;4*1-7(2,3,4,5)6/h1-64H,65-68H2;;;;/q+4;4*-1. The molecular formula is C86H72F24P8. The first kappa shape index (κ1) is 91.4. The zero-order chi connectivity index (χ0) is 86.1. The molecule has 0 spiro atoms. The Morgan fingerprint density at radius 3 is 0.280 bits per heavy atom. The van der Waals surface area contributed by atoms with Crippen molar-refractivity contribution in [1.82, 2.24) is 0 Å². The predicted octanol–water partition coefficient (Wildman–Crippen LogP) is 30.3. The van der Waals surface area contributed by atoms with Gasteiger partial charge in [0.05, 0.1) is 24.6 Å². The first-order valence-electron chi connectivity index (χ1n) is 35.4. The van der Waals surface area contributed by atoms with E-state index in [1.54, 1.807) is 0 Å². The molecule has 0 aliphatic heterocycles. The van der Waals surface area contributed by atoms with Crippen molar-refractivity contribution in [3.8, 4) is 0 Å². The SMILES string of the molecule is F[P-](F)(F)(F)(F)F.F[P-](F)(F)(F)(F)F.F[P-](F)(F)(F)(F)F.F[P-](F)(F)(F)(F)F.c1ccc([P+](Cc2ccc(C[P+](c3ccccc3)(c3ccccc3)c3ccccc3)c3c(C[P+](c4ccccc4)(c4ccccc4)c4ccccc4)ccc(C[P+](c4ccccc4)(c4ccccc4)c4ccccc4)c23)(c2ccccc2)c2ccccc2)cc1. The van der Waals surface area contributed by atoms with E-state index in [-0.39, 0.29) is 0 Å². The molecule has 118 heavy (non-hydrogen) atoms. The molecule has 0 aliphatic rings. The third-order valence-electron chi connectivity index (χ3n) is 18.5. The molecule has 14 aromatic rings. The quantitative estimate of drug-likeness (QED) is 0.0527. The van der Waals surface area contributed by atoms with Crippen molar-refractivity contribution in [1.29, 1.82) is 0 Å². The van der Waals surface area contributed by atoms with E-state index in [0.717, 1.165) is 24.6 Å². The summed E-state index contributed by atoms with van der Waals surface area (Å²) in [6.07, 6.45) is 3.27. The Hall–Kier alpha value is -8.90. The van der Waals surface area contributed by atoms with E-state index in [1.807, 2.05) is 0 Å². The fraction of sp³-hybridized carbons (Fsp3) is 0.0465. The maximum absolute atomic E-state index is 10.7. The largest absolute Gasteiger partial charge is 0.116 e. The molecule has 0 heterocycles. The van der Waals surface area contributed by atoms with E-state index in [2.05, 4.69) is 388 Å². The second-order valence-electron chi connectivity index (χ2n) is 27.2. The number of fused-ring (bicyclic) bond motifs is 1. The van der Waals surface area contributed by atoms with Crippen LogP contribution in [0.25, 0.3) is 10.8 Å². The van der Waals surface area contributed by atoms with Gasteiger partial charge in [0.25, 0.3) is 0 Å². The van der Waals surface area contributed by atoms with Crippen LogP contribution in [0.4, 0.5) is 101 Å². The zero-order valence-electron chi connectivity index (χ0n) is 61.4. The average molecular weight is 1810 g/mol. The van der Waals surface area contributed by atoms with Crippen LogP contribution in [0.5, 0.6) is 0 Å². The first-order chi connectivity index (χ1) is 54.4. The second-order valence-corrected chi connectivity index (χ2v) is 48.9. The van der Waals surface area contributed by atoms with Gasteiger partial charge in [-0.3, -0.25) is 0 Å². The van der Waals surface area contributed by atoms with Crippen LogP contribution in [-0.2, 0) is 24.6 Å². The molecule has 0 radical (unpaired) electrons. The molecule has 0 aromatic heterocycles. The first-order valence-corrected chi connectivity index (χ1v) is 51.4. The van der Waals surface area contributed by atoms with Crippen molar-refractivity contribution < 1.29 is 101 Å². The van der Waals surface area contributed by atoms with Gasteiger partial charge < -0.3 is 0 Å². The molecule has 0 aliphatic carbocycles. The third-order valence-corrected chi connectivity index (χ3v) is 35.9. The number of hydrogen-bond acceptors (Lipinski definition) is 0. The van der Waals surface area contributed by atoms with Gasteiger partial charge in [-0.2, -0.15) is 0 Å². The van der Waals surface area contributed by atoms with E-state index in [4.69, 9.17) is 0 Å². The monoisotopic (exact) mass is 1810 g/mol. The van der Waals surface area contributed by atoms with Crippen molar-refractivity contribution in [2.24, 2.45) is 0 Å². The summed E-state index contributed by atoms with van der Waals surface area (Å²) >= 11 is 0. The molecule has 624 valence electrons. The fourth-order valence-electron chi connectivity index (χ4n) is 14.4. The molecule has 0 fully saturated rings. The van der Waals surface area contributed by atoms with Crippen molar-refractivity contribution in [2.75, 3.05) is 0 Å². The normalized spacial score (nSPS) is 14.6. The average Bonchev–Trinajstić information content (AvgIpc) is 0.713. The van der Waals surface area contributed by atoms with Crippen LogP contribution in [0.1, 0.15) is 22.3 Å². The molecule has 0 saturated heterocycles. The minimum atomic E-state index is -10.7. The fourth-order valence-corrected chi connectivity index (χ4v) is 31.5. The van der Waals surface area contributed by atoms with Gasteiger partial charge in [-0.1, -0.05) is 243 Å². The summed E-state index contributed by atoms with van der Waals surface area (Å²) < 4.78 is 237. The van der Waals surface area contributed by atoms with Gasteiger partial charge >= 0.3 is 132 Å². The molecule has 0 amide bonds. The minimum absolute atomic E-state index is 0.818. The van der Waals surface area contributed by atoms with Gasteiger partial charge in [-0.25, -0.2) is 0 Å². The number of rotatable bonds is 20. The van der Waals surface area contributed by atoms with Crippen LogP contribution in [0.15, 0.2) is 388 Å². The molecule has 14 rings (SSSR count). The molecule has 32 heteroatoms. The molecule has 0 saturated carbocycles. The van der Waals surface area contributed by atoms with Crippen LogP contribution in [0.3, 0.4) is 0 Å². The molecule has 14 aromatic carbocycles. The molecule has 0 nitrogen and oxygen atoms in total. The predicted molar refractivity (Wildman–Crippen MR) is 454 cm³/mol. The van der Waals surface area contributed by atoms with Crippen LogP contribution >= 0.6 is 60.3 Å². The molecule has 0 bridgehead atoms. The Kier molecular flexibility index (Phi) is 24.7. The van der Waals surface area contributed by atoms with E-state index >= 15 is 0 Å². The van der Waals surface area contributed by atoms with Gasteiger partial charge in [-0.15, -0.1) is 0 Å². The van der Waals surface area contributed by atoms with Crippen LogP contribution in [0, 0.1) is 0 Å².